The lowest BCUT2D eigenvalue weighted by Crippen LogP contribution is -1.84. The molecule has 0 aliphatic carbocycles. The van der Waals surface area contributed by atoms with Crippen molar-refractivity contribution < 1.29 is 0 Å². The number of halogens is 1. The molecular formula is C11H6BrN3S. The average Bonchev–Trinajstić information content (AvgIpc) is 2.31. The van der Waals surface area contributed by atoms with Crippen LogP contribution in [0.1, 0.15) is 5.56 Å². The van der Waals surface area contributed by atoms with Gasteiger partial charge in [-0.05, 0) is 24.3 Å². The quantitative estimate of drug-likeness (QED) is 0.797. The summed E-state index contributed by atoms with van der Waals surface area (Å²) in [6, 6.07) is 9.51. The first-order chi connectivity index (χ1) is 7.79. The molecule has 2 rings (SSSR count). The summed E-state index contributed by atoms with van der Waals surface area (Å²) >= 11 is 4.83. The highest BCUT2D eigenvalue weighted by Crippen LogP contribution is 2.30. The van der Waals surface area contributed by atoms with Crippen molar-refractivity contribution in [3.63, 3.8) is 0 Å². The van der Waals surface area contributed by atoms with Gasteiger partial charge in [-0.2, -0.15) is 5.26 Å². The molecule has 0 saturated heterocycles. The number of hydrogen-bond donors (Lipinski definition) is 0. The second-order valence-electron chi connectivity index (χ2n) is 2.90. The van der Waals surface area contributed by atoms with Crippen molar-refractivity contribution in [2.75, 3.05) is 0 Å². The van der Waals surface area contributed by atoms with E-state index in [-0.39, 0.29) is 0 Å². The molecule has 16 heavy (non-hydrogen) atoms. The largest absolute Gasteiger partial charge is 0.245 e. The van der Waals surface area contributed by atoms with E-state index in [1.165, 1.54) is 18.1 Å². The van der Waals surface area contributed by atoms with Gasteiger partial charge < -0.3 is 0 Å². The average molecular weight is 292 g/mol. The monoisotopic (exact) mass is 291 g/mol. The first-order valence-corrected chi connectivity index (χ1v) is 6.04. The molecule has 0 atom stereocenters. The number of nitriles is 1. The molecule has 1 heterocycles. The van der Waals surface area contributed by atoms with Crippen LogP contribution in [0.4, 0.5) is 0 Å². The normalized spacial score (nSPS) is 9.75. The summed E-state index contributed by atoms with van der Waals surface area (Å²) in [6.07, 6.45) is 3.17. The Hall–Kier alpha value is -1.38. The van der Waals surface area contributed by atoms with Crippen LogP contribution < -0.4 is 0 Å². The summed E-state index contributed by atoms with van der Waals surface area (Å²) in [5.74, 6) is 0. The molecule has 5 heteroatoms. The Labute approximate surface area is 106 Å². The summed E-state index contributed by atoms with van der Waals surface area (Å²) in [6.45, 7) is 0. The third-order valence-electron chi connectivity index (χ3n) is 1.83. The Morgan fingerprint density at radius 2 is 2.19 bits per heavy atom. The molecule has 1 aromatic heterocycles. The fraction of sp³-hybridized carbons (Fsp3) is 0. The highest BCUT2D eigenvalue weighted by atomic mass is 79.9. The fourth-order valence-corrected chi connectivity index (χ4v) is 2.50. The number of rotatable bonds is 2. The van der Waals surface area contributed by atoms with Gasteiger partial charge in [0.25, 0.3) is 0 Å². The minimum Gasteiger partial charge on any atom is -0.245 e. The van der Waals surface area contributed by atoms with Crippen LogP contribution in [0, 0.1) is 11.3 Å². The first-order valence-electron chi connectivity index (χ1n) is 4.43. The summed E-state index contributed by atoms with van der Waals surface area (Å²) in [5, 5.41) is 9.80. The van der Waals surface area contributed by atoms with E-state index in [0.717, 1.165) is 14.4 Å². The predicted molar refractivity (Wildman–Crippen MR) is 65.0 cm³/mol. The molecule has 0 N–H and O–H groups in total. The van der Waals surface area contributed by atoms with Gasteiger partial charge in [-0.15, -0.1) is 0 Å². The topological polar surface area (TPSA) is 49.6 Å². The van der Waals surface area contributed by atoms with Crippen molar-refractivity contribution in [2.45, 2.75) is 9.92 Å². The van der Waals surface area contributed by atoms with Crippen LogP contribution in [0.15, 0.2) is 51.2 Å². The van der Waals surface area contributed by atoms with Gasteiger partial charge in [0.2, 0.25) is 0 Å². The van der Waals surface area contributed by atoms with E-state index in [0.29, 0.717) is 5.56 Å². The second-order valence-corrected chi connectivity index (χ2v) is 4.88. The molecule has 0 radical (unpaired) electrons. The van der Waals surface area contributed by atoms with Crippen molar-refractivity contribution >= 4 is 27.7 Å². The Morgan fingerprint density at radius 1 is 1.31 bits per heavy atom. The Bertz CT molecular complexity index is 537. The van der Waals surface area contributed by atoms with Gasteiger partial charge in [-0.1, -0.05) is 27.7 Å². The van der Waals surface area contributed by atoms with E-state index in [2.05, 4.69) is 32.0 Å². The maximum absolute atomic E-state index is 8.98. The van der Waals surface area contributed by atoms with Crippen LogP contribution in [0.3, 0.4) is 0 Å². The SMILES string of the molecule is N#Cc1ccc(Br)cc1Sc1ccncn1. The van der Waals surface area contributed by atoms with E-state index in [4.69, 9.17) is 5.26 Å². The molecule has 1 aromatic carbocycles. The van der Waals surface area contributed by atoms with Gasteiger partial charge in [0.15, 0.2) is 0 Å². The summed E-state index contributed by atoms with van der Waals surface area (Å²) in [7, 11) is 0. The predicted octanol–water partition coefficient (Wildman–Crippen LogP) is 3.26. The smallest absolute Gasteiger partial charge is 0.116 e. The third-order valence-corrected chi connectivity index (χ3v) is 3.34. The van der Waals surface area contributed by atoms with E-state index in [9.17, 15) is 0 Å². The van der Waals surface area contributed by atoms with Gasteiger partial charge in [-0.3, -0.25) is 0 Å². The van der Waals surface area contributed by atoms with Gasteiger partial charge in [0.05, 0.1) is 5.56 Å². The van der Waals surface area contributed by atoms with Crippen LogP contribution in [0.25, 0.3) is 0 Å². The number of benzene rings is 1. The lowest BCUT2D eigenvalue weighted by molar-refractivity contribution is 1.05. The molecule has 0 fully saturated rings. The van der Waals surface area contributed by atoms with E-state index < -0.39 is 0 Å². The molecule has 0 unspecified atom stereocenters. The van der Waals surface area contributed by atoms with Crippen LogP contribution in [0.5, 0.6) is 0 Å². The zero-order valence-corrected chi connectivity index (χ0v) is 10.5. The van der Waals surface area contributed by atoms with Crippen LogP contribution >= 0.6 is 27.7 Å². The second kappa shape index (κ2) is 5.10. The molecule has 78 valence electrons. The maximum atomic E-state index is 8.98. The van der Waals surface area contributed by atoms with Gasteiger partial charge in [0, 0.05) is 15.6 Å². The molecular weight excluding hydrogens is 286 g/mol. The van der Waals surface area contributed by atoms with Crippen molar-refractivity contribution in [3.8, 4) is 6.07 Å². The Morgan fingerprint density at radius 3 is 2.88 bits per heavy atom. The summed E-state index contributed by atoms with van der Waals surface area (Å²) in [4.78, 5) is 8.84. The standard InChI is InChI=1S/C11H6BrN3S/c12-9-2-1-8(6-13)10(5-9)16-11-3-4-14-7-15-11/h1-5,7H. The lowest BCUT2D eigenvalue weighted by atomic mass is 10.2. The molecule has 0 bridgehead atoms. The van der Waals surface area contributed by atoms with E-state index in [1.807, 2.05) is 18.2 Å². The molecule has 0 saturated carbocycles. The number of hydrogen-bond acceptors (Lipinski definition) is 4. The lowest BCUT2D eigenvalue weighted by Gasteiger charge is -2.03. The van der Waals surface area contributed by atoms with E-state index in [1.54, 1.807) is 12.3 Å². The van der Waals surface area contributed by atoms with Crippen LogP contribution in [-0.4, -0.2) is 9.97 Å². The number of nitrogens with zero attached hydrogens (tertiary/aromatic N) is 3. The van der Waals surface area contributed by atoms with Crippen molar-refractivity contribution in [3.05, 3.63) is 46.8 Å². The van der Waals surface area contributed by atoms with Crippen molar-refractivity contribution in [1.29, 1.82) is 5.26 Å². The molecule has 0 amide bonds. The van der Waals surface area contributed by atoms with Crippen molar-refractivity contribution in [1.82, 2.24) is 9.97 Å². The maximum Gasteiger partial charge on any atom is 0.116 e. The van der Waals surface area contributed by atoms with Crippen LogP contribution in [0.2, 0.25) is 0 Å². The highest BCUT2D eigenvalue weighted by Gasteiger charge is 2.05. The van der Waals surface area contributed by atoms with Gasteiger partial charge in [0.1, 0.15) is 17.4 Å². The van der Waals surface area contributed by atoms with Crippen molar-refractivity contribution in [2.24, 2.45) is 0 Å². The highest BCUT2D eigenvalue weighted by molar-refractivity contribution is 9.10. The molecule has 3 nitrogen and oxygen atoms in total. The first kappa shape index (κ1) is 11.1. The number of aromatic nitrogens is 2. The molecule has 0 aliphatic rings. The minimum atomic E-state index is 0.645. The zero-order chi connectivity index (χ0) is 11.4. The Kier molecular flexibility index (Phi) is 3.54. The third kappa shape index (κ3) is 2.60. The summed E-state index contributed by atoms with van der Waals surface area (Å²) in [5.41, 5.74) is 0.645. The zero-order valence-electron chi connectivity index (χ0n) is 8.09. The van der Waals surface area contributed by atoms with Crippen LogP contribution in [-0.2, 0) is 0 Å². The molecule has 2 aromatic rings. The van der Waals surface area contributed by atoms with Gasteiger partial charge in [-0.25, -0.2) is 9.97 Å². The fourth-order valence-electron chi connectivity index (χ4n) is 1.12. The van der Waals surface area contributed by atoms with Gasteiger partial charge >= 0.3 is 0 Å². The minimum absolute atomic E-state index is 0.645. The molecule has 0 spiro atoms. The van der Waals surface area contributed by atoms with E-state index >= 15 is 0 Å². The Balaban J connectivity index is 2.35. The molecule has 0 aliphatic heterocycles. The summed E-state index contributed by atoms with van der Waals surface area (Å²) < 4.78 is 0.947.